The molecule has 3 aliphatic heterocycles. The molecule has 11 nitrogen and oxygen atoms in total. The predicted octanol–water partition coefficient (Wildman–Crippen LogP) is 5.53. The molecule has 0 atom stereocenters. The molecule has 3 heterocycles. The molecule has 0 aromatic heterocycles. The van der Waals surface area contributed by atoms with E-state index in [9.17, 15) is 24.0 Å². The average Bonchev–Trinajstić information content (AvgIpc) is 3.46. The van der Waals surface area contributed by atoms with Gasteiger partial charge in [-0.2, -0.15) is 0 Å². The maximum atomic E-state index is 14.6. The zero-order valence-corrected chi connectivity index (χ0v) is 30.8. The number of nitrogens with zero attached hydrogens (tertiary/aromatic N) is 1. The monoisotopic (exact) mass is 809 g/mol. The third-order valence-corrected chi connectivity index (χ3v) is 13.2. The zero-order chi connectivity index (χ0) is 34.4. The van der Waals surface area contributed by atoms with Gasteiger partial charge in [0.15, 0.2) is 0 Å². The molecule has 0 saturated carbocycles. The summed E-state index contributed by atoms with van der Waals surface area (Å²) >= 11 is 4.81. The summed E-state index contributed by atoms with van der Waals surface area (Å²) in [6, 6.07) is 12.3. The molecule has 0 fully saturated rings. The molecule has 0 radical (unpaired) electrons. The van der Waals surface area contributed by atoms with Crippen molar-refractivity contribution in [2.45, 2.75) is 23.5 Å². The van der Waals surface area contributed by atoms with E-state index in [0.717, 1.165) is 46.0 Å². The highest BCUT2D eigenvalue weighted by molar-refractivity contribution is 14.1. The maximum absolute atomic E-state index is 14.6. The van der Waals surface area contributed by atoms with Crippen molar-refractivity contribution in [3.8, 4) is 5.75 Å². The summed E-state index contributed by atoms with van der Waals surface area (Å²) in [7, 11) is 6.17. The molecular weight excluding hydrogens is 781 g/mol. The normalized spacial score (nSPS) is 17.6. The summed E-state index contributed by atoms with van der Waals surface area (Å²) in [6.07, 6.45) is 0. The number of halogens is 1. The Kier molecular flexibility index (Phi) is 9.84. The van der Waals surface area contributed by atoms with Gasteiger partial charge in [-0.1, -0.05) is 47.4 Å². The van der Waals surface area contributed by atoms with E-state index in [4.69, 9.17) is 23.7 Å². The first-order valence-electron chi connectivity index (χ1n) is 13.7. The van der Waals surface area contributed by atoms with E-state index < -0.39 is 33.5 Å². The Balaban J connectivity index is 1.91. The number of esters is 4. The lowest BCUT2D eigenvalue weighted by Crippen LogP contribution is -2.54. The van der Waals surface area contributed by atoms with Crippen molar-refractivity contribution >= 4 is 98.9 Å². The average molecular weight is 810 g/mol. The molecule has 0 aliphatic carbocycles. The fraction of sp³-hybridized carbons (Fsp3) is 0.281. The van der Waals surface area contributed by atoms with Crippen LogP contribution in [0.25, 0.3) is 5.57 Å². The number of methoxy groups -OCH3 is 5. The Labute approximate surface area is 296 Å². The molecular formula is C32H28INO10S3. The highest BCUT2D eigenvalue weighted by atomic mass is 127. The van der Waals surface area contributed by atoms with Crippen molar-refractivity contribution in [3.63, 3.8) is 0 Å². The number of fused-ring (bicyclic) bond motifs is 3. The number of anilines is 1. The minimum Gasteiger partial charge on any atom is -0.497 e. The number of hydrogen-bond acceptors (Lipinski definition) is 13. The van der Waals surface area contributed by atoms with Crippen molar-refractivity contribution in [3.05, 3.63) is 82.4 Å². The fourth-order valence-corrected chi connectivity index (χ4v) is 11.2. The number of ether oxygens (including phenoxy) is 5. The lowest BCUT2D eigenvalue weighted by atomic mass is 9.83. The Morgan fingerprint density at radius 2 is 1.30 bits per heavy atom. The molecule has 2 aromatic carbocycles. The predicted molar refractivity (Wildman–Crippen MR) is 188 cm³/mol. The van der Waals surface area contributed by atoms with Crippen LogP contribution < -0.4 is 9.64 Å². The third kappa shape index (κ3) is 5.54. The van der Waals surface area contributed by atoms with Crippen molar-refractivity contribution in [1.82, 2.24) is 0 Å². The lowest BCUT2D eigenvalue weighted by molar-refractivity contribution is -0.138. The maximum Gasteiger partial charge on any atom is 0.345 e. The molecule has 0 unspecified atom stereocenters. The second-order valence-corrected chi connectivity index (χ2v) is 15.4. The second kappa shape index (κ2) is 13.2. The SMILES string of the molecule is COC(=O)C1=C(C(=O)OC)SC2(S1)C(C(=O)OC)=C(C(=O)OC)SC1=C2c2ccc(OC)cc2N(C(=O)c2ccccc2I)C1(C)C. The van der Waals surface area contributed by atoms with Crippen LogP contribution in [0.1, 0.15) is 29.8 Å². The number of rotatable bonds is 6. The molecule has 0 N–H and O–H groups in total. The standard InChI is InChI=1S/C32H28INO10S3/c1-31(2)25-20(17-13-12-15(40-3)14-19(17)34(31)26(35)16-10-8-9-11-18(16)33)32(21(27(36)41-4)22(45-25)28(37)42-5)46-23(29(38)43-6)24(47-32)30(39)44-7/h8-14H,1-7H3. The molecule has 1 amide bonds. The number of amides is 1. The number of benzene rings is 2. The van der Waals surface area contributed by atoms with Crippen LogP contribution in [0.5, 0.6) is 5.75 Å². The summed E-state index contributed by atoms with van der Waals surface area (Å²) in [5, 5.41) is 0. The Hall–Kier alpha value is -3.41. The van der Waals surface area contributed by atoms with Crippen LogP contribution in [0, 0.1) is 3.57 Å². The van der Waals surface area contributed by atoms with Crippen molar-refractivity contribution in [1.29, 1.82) is 0 Å². The Morgan fingerprint density at radius 1 is 0.745 bits per heavy atom. The van der Waals surface area contributed by atoms with Gasteiger partial charge in [-0.3, -0.25) is 9.69 Å². The number of carbonyl (C=O) groups is 5. The first kappa shape index (κ1) is 34.9. The smallest absolute Gasteiger partial charge is 0.345 e. The largest absolute Gasteiger partial charge is 0.497 e. The molecule has 0 bridgehead atoms. The molecule has 0 saturated heterocycles. The van der Waals surface area contributed by atoms with Crippen LogP contribution in [0.15, 0.2) is 67.7 Å². The van der Waals surface area contributed by atoms with Crippen molar-refractivity contribution in [2.75, 3.05) is 40.4 Å². The molecule has 2 aromatic rings. The van der Waals surface area contributed by atoms with Gasteiger partial charge in [0, 0.05) is 25.7 Å². The minimum atomic E-state index is -1.68. The molecule has 5 rings (SSSR count). The van der Waals surface area contributed by atoms with Crippen LogP contribution in [-0.2, 0) is 38.1 Å². The number of hydrogen-bond donors (Lipinski definition) is 0. The van der Waals surface area contributed by atoms with E-state index in [1.54, 1.807) is 35.2 Å². The Bertz CT molecular complexity index is 1820. The van der Waals surface area contributed by atoms with Gasteiger partial charge in [0.25, 0.3) is 5.91 Å². The molecule has 15 heteroatoms. The lowest BCUT2D eigenvalue weighted by Gasteiger charge is -2.50. The fourth-order valence-electron chi connectivity index (χ4n) is 5.54. The van der Waals surface area contributed by atoms with Crippen LogP contribution in [0.3, 0.4) is 0 Å². The minimum absolute atomic E-state index is 0.125. The van der Waals surface area contributed by atoms with E-state index in [1.165, 1.54) is 28.4 Å². The second-order valence-electron chi connectivity index (χ2n) is 10.5. The summed E-state index contributed by atoms with van der Waals surface area (Å²) in [6.45, 7) is 3.63. The third-order valence-electron chi connectivity index (χ3n) is 7.65. The van der Waals surface area contributed by atoms with E-state index in [2.05, 4.69) is 22.6 Å². The van der Waals surface area contributed by atoms with Crippen LogP contribution >= 0.6 is 57.9 Å². The summed E-state index contributed by atoms with van der Waals surface area (Å²) in [4.78, 5) is 70.0. The van der Waals surface area contributed by atoms with E-state index in [1.807, 2.05) is 26.0 Å². The van der Waals surface area contributed by atoms with Gasteiger partial charge >= 0.3 is 23.9 Å². The van der Waals surface area contributed by atoms with Crippen molar-refractivity contribution in [2.24, 2.45) is 0 Å². The highest BCUT2D eigenvalue weighted by Gasteiger charge is 2.62. The topological polar surface area (TPSA) is 135 Å². The summed E-state index contributed by atoms with van der Waals surface area (Å²) in [5.41, 5.74) is 0.509. The van der Waals surface area contributed by atoms with Crippen LogP contribution in [-0.4, -0.2) is 75.0 Å². The number of carbonyl (C=O) groups excluding carboxylic acids is 5. The van der Waals surface area contributed by atoms with Gasteiger partial charge in [-0.05, 0) is 60.7 Å². The summed E-state index contributed by atoms with van der Waals surface area (Å²) < 4.78 is 25.1. The zero-order valence-electron chi connectivity index (χ0n) is 26.2. The van der Waals surface area contributed by atoms with E-state index >= 15 is 0 Å². The van der Waals surface area contributed by atoms with Crippen LogP contribution in [0.2, 0.25) is 0 Å². The van der Waals surface area contributed by atoms with Gasteiger partial charge in [-0.25, -0.2) is 19.2 Å². The van der Waals surface area contributed by atoms with Gasteiger partial charge < -0.3 is 23.7 Å². The van der Waals surface area contributed by atoms with E-state index in [-0.39, 0.29) is 26.2 Å². The van der Waals surface area contributed by atoms with Gasteiger partial charge in [0.2, 0.25) is 0 Å². The number of thioether (sulfide) groups is 3. The summed E-state index contributed by atoms with van der Waals surface area (Å²) in [5.74, 6) is -3.29. The van der Waals surface area contributed by atoms with Gasteiger partial charge in [-0.15, -0.1) is 0 Å². The quantitative estimate of drug-likeness (QED) is 0.206. The first-order chi connectivity index (χ1) is 22.3. The first-order valence-corrected chi connectivity index (χ1v) is 17.3. The molecule has 1 spiro atoms. The molecule has 47 heavy (non-hydrogen) atoms. The van der Waals surface area contributed by atoms with E-state index in [0.29, 0.717) is 33.0 Å². The van der Waals surface area contributed by atoms with Gasteiger partial charge in [0.05, 0.1) is 57.9 Å². The highest BCUT2D eigenvalue weighted by Crippen LogP contribution is 2.71. The van der Waals surface area contributed by atoms with Crippen LogP contribution in [0.4, 0.5) is 5.69 Å². The van der Waals surface area contributed by atoms with Crippen molar-refractivity contribution < 1.29 is 47.7 Å². The van der Waals surface area contributed by atoms with Gasteiger partial charge in [0.1, 0.15) is 24.5 Å². The molecule has 246 valence electrons. The molecule has 3 aliphatic rings. The Morgan fingerprint density at radius 3 is 1.83 bits per heavy atom.